The quantitative estimate of drug-likeness (QED) is 0.928. The first kappa shape index (κ1) is 16.6. The minimum Gasteiger partial charge on any atom is -0.326 e. The first-order valence-corrected chi connectivity index (χ1v) is 9.05. The first-order valence-electron chi connectivity index (χ1n) is 8.17. The van der Waals surface area contributed by atoms with Crippen LogP contribution in [0.15, 0.2) is 35.8 Å². The fourth-order valence-corrected chi connectivity index (χ4v) is 3.45. The molecule has 6 heteroatoms. The number of rotatable bonds is 4. The van der Waals surface area contributed by atoms with Gasteiger partial charge in [-0.25, -0.2) is 4.98 Å². The van der Waals surface area contributed by atoms with Gasteiger partial charge in [-0.2, -0.15) is 0 Å². The van der Waals surface area contributed by atoms with E-state index in [0.29, 0.717) is 18.1 Å². The van der Waals surface area contributed by atoms with Gasteiger partial charge in [0.05, 0.1) is 0 Å². The van der Waals surface area contributed by atoms with Crippen LogP contribution in [0.1, 0.15) is 31.4 Å². The number of thiazole rings is 1. The maximum absolute atomic E-state index is 12.8. The highest BCUT2D eigenvalue weighted by molar-refractivity contribution is 7.13. The standard InChI is InChI=1S/C18H21N3O2S/c1-3-12(2)17(23)21-11-14-7-5-4-6-13(14)10-15(21)16(22)20-18-19-8-9-24-18/h4-9,12,15H,3,10-11H2,1-2H3,(H,19,20,22)/t12-,15+/m1/s1. The van der Waals surface area contributed by atoms with Crippen LogP contribution in [0.5, 0.6) is 0 Å². The Kier molecular flexibility index (Phi) is 4.94. The predicted molar refractivity (Wildman–Crippen MR) is 94.7 cm³/mol. The summed E-state index contributed by atoms with van der Waals surface area (Å²) in [5.41, 5.74) is 2.25. The Hall–Kier alpha value is -2.21. The van der Waals surface area contributed by atoms with Gasteiger partial charge in [0.1, 0.15) is 6.04 Å². The molecular weight excluding hydrogens is 322 g/mol. The molecule has 1 aromatic carbocycles. The molecule has 2 atom stereocenters. The molecular formula is C18H21N3O2S. The van der Waals surface area contributed by atoms with E-state index in [0.717, 1.165) is 17.5 Å². The van der Waals surface area contributed by atoms with Crippen LogP contribution >= 0.6 is 11.3 Å². The van der Waals surface area contributed by atoms with Crippen molar-refractivity contribution in [2.75, 3.05) is 5.32 Å². The summed E-state index contributed by atoms with van der Waals surface area (Å²) in [5, 5.41) is 5.22. The molecule has 0 radical (unpaired) electrons. The molecule has 3 rings (SSSR count). The summed E-state index contributed by atoms with van der Waals surface area (Å²) in [4.78, 5) is 31.4. The van der Waals surface area contributed by atoms with Crippen LogP contribution in [0.25, 0.3) is 0 Å². The van der Waals surface area contributed by atoms with Gasteiger partial charge in [-0.15, -0.1) is 11.3 Å². The third-order valence-electron chi connectivity index (χ3n) is 4.53. The number of nitrogens with one attached hydrogen (secondary N) is 1. The van der Waals surface area contributed by atoms with Crippen LogP contribution in [0, 0.1) is 5.92 Å². The van der Waals surface area contributed by atoms with Crippen molar-refractivity contribution in [2.24, 2.45) is 5.92 Å². The zero-order chi connectivity index (χ0) is 17.1. The number of hydrogen-bond donors (Lipinski definition) is 1. The molecule has 0 saturated heterocycles. The normalized spacial score (nSPS) is 17.9. The molecule has 1 N–H and O–H groups in total. The molecule has 0 spiro atoms. The van der Waals surface area contributed by atoms with E-state index in [2.05, 4.69) is 10.3 Å². The molecule has 1 aliphatic heterocycles. The van der Waals surface area contributed by atoms with E-state index in [-0.39, 0.29) is 17.7 Å². The van der Waals surface area contributed by atoms with Crippen molar-refractivity contribution in [3.63, 3.8) is 0 Å². The third kappa shape index (κ3) is 3.33. The van der Waals surface area contributed by atoms with Gasteiger partial charge in [-0.3, -0.25) is 9.59 Å². The Labute approximate surface area is 145 Å². The van der Waals surface area contributed by atoms with E-state index >= 15 is 0 Å². The van der Waals surface area contributed by atoms with Crippen LogP contribution in [0.2, 0.25) is 0 Å². The Bertz CT molecular complexity index is 730. The summed E-state index contributed by atoms with van der Waals surface area (Å²) in [6, 6.07) is 7.51. The number of carbonyl (C=O) groups is 2. The lowest BCUT2D eigenvalue weighted by molar-refractivity contribution is -0.143. The highest BCUT2D eigenvalue weighted by atomic mass is 32.1. The van der Waals surface area contributed by atoms with Gasteiger partial charge in [0.2, 0.25) is 11.8 Å². The molecule has 0 aliphatic carbocycles. The van der Waals surface area contributed by atoms with Crippen molar-refractivity contribution in [3.05, 3.63) is 47.0 Å². The van der Waals surface area contributed by atoms with E-state index in [9.17, 15) is 9.59 Å². The van der Waals surface area contributed by atoms with E-state index < -0.39 is 6.04 Å². The number of amides is 2. The zero-order valence-electron chi connectivity index (χ0n) is 13.9. The molecule has 2 aromatic rings. The zero-order valence-corrected chi connectivity index (χ0v) is 14.7. The third-order valence-corrected chi connectivity index (χ3v) is 5.22. The van der Waals surface area contributed by atoms with E-state index in [1.165, 1.54) is 11.3 Å². The second kappa shape index (κ2) is 7.13. The Morgan fingerprint density at radius 3 is 2.79 bits per heavy atom. The fraction of sp³-hybridized carbons (Fsp3) is 0.389. The maximum atomic E-state index is 12.8. The average Bonchev–Trinajstić information content (AvgIpc) is 3.12. The molecule has 2 amide bonds. The molecule has 126 valence electrons. The molecule has 0 saturated carbocycles. The highest BCUT2D eigenvalue weighted by Crippen LogP contribution is 2.26. The lowest BCUT2D eigenvalue weighted by Crippen LogP contribution is -2.52. The van der Waals surface area contributed by atoms with Gasteiger partial charge >= 0.3 is 0 Å². The molecule has 0 unspecified atom stereocenters. The molecule has 1 aromatic heterocycles. The molecule has 5 nitrogen and oxygen atoms in total. The monoisotopic (exact) mass is 343 g/mol. The van der Waals surface area contributed by atoms with Crippen LogP contribution in [-0.2, 0) is 22.6 Å². The summed E-state index contributed by atoms with van der Waals surface area (Å²) < 4.78 is 0. The number of aromatic nitrogens is 1. The van der Waals surface area contributed by atoms with Crippen LogP contribution in [0.3, 0.4) is 0 Å². The van der Waals surface area contributed by atoms with Gasteiger partial charge in [0.25, 0.3) is 0 Å². The topological polar surface area (TPSA) is 62.3 Å². The summed E-state index contributed by atoms with van der Waals surface area (Å²) in [7, 11) is 0. The second-order valence-corrected chi connectivity index (χ2v) is 6.99. The summed E-state index contributed by atoms with van der Waals surface area (Å²) in [6.45, 7) is 4.39. The number of hydrogen-bond acceptors (Lipinski definition) is 4. The largest absolute Gasteiger partial charge is 0.326 e. The lowest BCUT2D eigenvalue weighted by atomic mass is 9.92. The Balaban J connectivity index is 1.87. The first-order chi connectivity index (χ1) is 11.6. The highest BCUT2D eigenvalue weighted by Gasteiger charge is 2.36. The predicted octanol–water partition coefficient (Wildman–Crippen LogP) is 3.08. The summed E-state index contributed by atoms with van der Waals surface area (Å²) in [6.07, 6.45) is 2.95. The minimum absolute atomic E-state index is 0.0336. The van der Waals surface area contributed by atoms with Crippen LogP contribution in [-0.4, -0.2) is 27.7 Å². The van der Waals surface area contributed by atoms with Crippen molar-refractivity contribution in [2.45, 2.75) is 39.3 Å². The molecule has 24 heavy (non-hydrogen) atoms. The van der Waals surface area contributed by atoms with Crippen molar-refractivity contribution in [1.82, 2.24) is 9.88 Å². The van der Waals surface area contributed by atoms with Gasteiger partial charge in [0, 0.05) is 30.5 Å². The van der Waals surface area contributed by atoms with E-state index in [1.54, 1.807) is 11.1 Å². The van der Waals surface area contributed by atoms with E-state index in [4.69, 9.17) is 0 Å². The molecule has 0 fully saturated rings. The maximum Gasteiger partial charge on any atom is 0.249 e. The number of carbonyl (C=O) groups excluding carboxylic acids is 2. The SMILES string of the molecule is CC[C@@H](C)C(=O)N1Cc2ccccc2C[C@H]1C(=O)Nc1nccs1. The van der Waals surface area contributed by atoms with Gasteiger partial charge in [-0.05, 0) is 17.5 Å². The second-order valence-electron chi connectivity index (χ2n) is 6.09. The van der Waals surface area contributed by atoms with Gasteiger partial charge in [0.15, 0.2) is 5.13 Å². The Morgan fingerprint density at radius 2 is 2.12 bits per heavy atom. The summed E-state index contributed by atoms with van der Waals surface area (Å²) >= 11 is 1.37. The fourth-order valence-electron chi connectivity index (χ4n) is 2.92. The molecule has 2 heterocycles. The number of benzene rings is 1. The summed E-state index contributed by atoms with van der Waals surface area (Å²) in [5.74, 6) is -0.229. The van der Waals surface area contributed by atoms with Crippen molar-refractivity contribution in [1.29, 1.82) is 0 Å². The van der Waals surface area contributed by atoms with Crippen LogP contribution < -0.4 is 5.32 Å². The minimum atomic E-state index is -0.495. The van der Waals surface area contributed by atoms with Crippen LogP contribution in [0.4, 0.5) is 5.13 Å². The van der Waals surface area contributed by atoms with Gasteiger partial charge in [-0.1, -0.05) is 38.1 Å². The number of fused-ring (bicyclic) bond motifs is 1. The van der Waals surface area contributed by atoms with Crippen molar-refractivity contribution in [3.8, 4) is 0 Å². The van der Waals surface area contributed by atoms with Crippen molar-refractivity contribution >= 4 is 28.3 Å². The number of nitrogens with zero attached hydrogens (tertiary/aromatic N) is 2. The average molecular weight is 343 g/mol. The lowest BCUT2D eigenvalue weighted by Gasteiger charge is -2.37. The van der Waals surface area contributed by atoms with E-state index in [1.807, 2.05) is 43.5 Å². The van der Waals surface area contributed by atoms with Gasteiger partial charge < -0.3 is 10.2 Å². The smallest absolute Gasteiger partial charge is 0.249 e. The molecule has 1 aliphatic rings. The molecule has 0 bridgehead atoms. The number of anilines is 1. The Morgan fingerprint density at radius 1 is 1.38 bits per heavy atom. The van der Waals surface area contributed by atoms with Crippen molar-refractivity contribution < 1.29 is 9.59 Å².